The molecule has 2 unspecified atom stereocenters. The molecule has 2 fully saturated rings. The van der Waals surface area contributed by atoms with Crippen molar-refractivity contribution in [2.24, 2.45) is 0 Å². The number of rotatable bonds is 8. The number of hydrogen-bond donors (Lipinski definition) is 1. The van der Waals surface area contributed by atoms with E-state index in [2.05, 4.69) is 24.9 Å². The van der Waals surface area contributed by atoms with Crippen LogP contribution in [0.15, 0.2) is 12.4 Å². The first-order valence-corrected chi connectivity index (χ1v) is 12.4. The standard InChI is InChI=1S/C19H27ClN6O4S/c1-12(16(29-2)17-21-10-14(20)11-22-17)31(27,28)25-19-24-23-18(13-4-3-5-13)26(19)15-6-8-30-9-7-15/h10-13,15-16H,3-9H2,1-2H3,(H,24,25). The molecule has 10 nitrogen and oxygen atoms in total. The zero-order valence-corrected chi connectivity index (χ0v) is 19.1. The second kappa shape index (κ2) is 9.35. The van der Waals surface area contributed by atoms with Gasteiger partial charge in [-0.2, -0.15) is 0 Å². The van der Waals surface area contributed by atoms with Gasteiger partial charge in [0.2, 0.25) is 16.0 Å². The van der Waals surface area contributed by atoms with Crippen LogP contribution >= 0.6 is 11.6 Å². The summed E-state index contributed by atoms with van der Waals surface area (Å²) in [7, 11) is -2.46. The molecule has 2 atom stereocenters. The van der Waals surface area contributed by atoms with Gasteiger partial charge in [-0.25, -0.2) is 18.4 Å². The van der Waals surface area contributed by atoms with Crippen LogP contribution in [0.25, 0.3) is 0 Å². The maximum Gasteiger partial charge on any atom is 0.240 e. The molecule has 1 aliphatic carbocycles. The Morgan fingerprint density at radius 3 is 2.45 bits per heavy atom. The van der Waals surface area contributed by atoms with Crippen molar-refractivity contribution in [1.29, 1.82) is 0 Å². The average Bonchev–Trinajstić information content (AvgIpc) is 3.11. The molecule has 0 spiro atoms. The first-order valence-electron chi connectivity index (χ1n) is 10.4. The Hall–Kier alpha value is -1.82. The number of methoxy groups -OCH3 is 1. The summed E-state index contributed by atoms with van der Waals surface area (Å²) in [6, 6.07) is 0.102. The van der Waals surface area contributed by atoms with Gasteiger partial charge in [0.05, 0.1) is 5.02 Å². The summed E-state index contributed by atoms with van der Waals surface area (Å²) in [4.78, 5) is 8.24. The number of anilines is 1. The number of aromatic nitrogens is 5. The smallest absolute Gasteiger partial charge is 0.240 e. The molecule has 0 amide bonds. The van der Waals surface area contributed by atoms with Crippen molar-refractivity contribution in [1.82, 2.24) is 24.7 Å². The fourth-order valence-corrected chi connectivity index (χ4v) is 5.22. The summed E-state index contributed by atoms with van der Waals surface area (Å²) in [6.45, 7) is 2.82. The predicted octanol–water partition coefficient (Wildman–Crippen LogP) is 2.86. The highest BCUT2D eigenvalue weighted by Gasteiger charge is 2.36. The van der Waals surface area contributed by atoms with E-state index in [1.165, 1.54) is 19.5 Å². The lowest BCUT2D eigenvalue weighted by Crippen LogP contribution is -2.34. The zero-order chi connectivity index (χ0) is 22.0. The maximum absolute atomic E-state index is 13.3. The van der Waals surface area contributed by atoms with E-state index >= 15 is 0 Å². The van der Waals surface area contributed by atoms with Crippen LogP contribution in [0.2, 0.25) is 5.02 Å². The van der Waals surface area contributed by atoms with E-state index in [0.717, 1.165) is 37.9 Å². The Bertz CT molecular complexity index is 989. The molecule has 1 saturated heterocycles. The molecule has 0 radical (unpaired) electrons. The summed E-state index contributed by atoms with van der Waals surface area (Å²) < 4.78 is 42.1. The Balaban J connectivity index is 1.61. The van der Waals surface area contributed by atoms with Gasteiger partial charge < -0.3 is 9.47 Å². The third kappa shape index (κ3) is 4.69. The van der Waals surface area contributed by atoms with Gasteiger partial charge in [-0.05, 0) is 32.6 Å². The number of nitrogens with zero attached hydrogens (tertiary/aromatic N) is 5. The topological polar surface area (TPSA) is 121 Å². The molecule has 1 saturated carbocycles. The third-order valence-electron chi connectivity index (χ3n) is 6.05. The molecule has 0 aromatic carbocycles. The molecule has 31 heavy (non-hydrogen) atoms. The molecule has 2 aromatic heterocycles. The van der Waals surface area contributed by atoms with Gasteiger partial charge in [-0.15, -0.1) is 10.2 Å². The van der Waals surface area contributed by atoms with Gasteiger partial charge >= 0.3 is 0 Å². The van der Waals surface area contributed by atoms with E-state index < -0.39 is 21.4 Å². The van der Waals surface area contributed by atoms with E-state index in [9.17, 15) is 8.42 Å². The normalized spacial score (nSPS) is 20.2. The number of halogens is 1. The summed E-state index contributed by atoms with van der Waals surface area (Å²) in [5, 5.41) is 7.97. The van der Waals surface area contributed by atoms with Crippen molar-refractivity contribution in [3.63, 3.8) is 0 Å². The van der Waals surface area contributed by atoms with E-state index in [-0.39, 0.29) is 17.8 Å². The fraction of sp³-hybridized carbons (Fsp3) is 0.684. The average molecular weight is 471 g/mol. The van der Waals surface area contributed by atoms with Crippen LogP contribution in [0.5, 0.6) is 0 Å². The minimum Gasteiger partial charge on any atom is -0.381 e. The van der Waals surface area contributed by atoms with Crippen LogP contribution in [-0.2, 0) is 19.5 Å². The maximum atomic E-state index is 13.3. The molecule has 1 aliphatic heterocycles. The van der Waals surface area contributed by atoms with Gasteiger partial charge in [0.1, 0.15) is 17.2 Å². The van der Waals surface area contributed by atoms with Crippen LogP contribution in [0, 0.1) is 0 Å². The first-order chi connectivity index (χ1) is 14.9. The van der Waals surface area contributed by atoms with Crippen LogP contribution in [-0.4, -0.2) is 58.7 Å². The van der Waals surface area contributed by atoms with Gasteiger partial charge in [-0.3, -0.25) is 9.29 Å². The third-order valence-corrected chi connectivity index (χ3v) is 7.93. The molecule has 1 N–H and O–H groups in total. The number of nitrogens with one attached hydrogen (secondary N) is 1. The molecular weight excluding hydrogens is 444 g/mol. The summed E-state index contributed by atoms with van der Waals surface area (Å²) >= 11 is 5.85. The van der Waals surface area contributed by atoms with Crippen LogP contribution in [0.3, 0.4) is 0 Å². The number of sulfonamides is 1. The van der Waals surface area contributed by atoms with E-state index in [1.807, 2.05) is 4.57 Å². The number of hydrogen-bond acceptors (Lipinski definition) is 8. The zero-order valence-electron chi connectivity index (χ0n) is 17.6. The lowest BCUT2D eigenvalue weighted by molar-refractivity contribution is 0.0686. The lowest BCUT2D eigenvalue weighted by Gasteiger charge is -2.31. The lowest BCUT2D eigenvalue weighted by atomic mass is 9.84. The Kier molecular flexibility index (Phi) is 6.75. The largest absolute Gasteiger partial charge is 0.381 e. The summed E-state index contributed by atoms with van der Waals surface area (Å²) in [6.07, 6.45) is 6.78. The Morgan fingerprint density at radius 2 is 1.87 bits per heavy atom. The quantitative estimate of drug-likeness (QED) is 0.625. The van der Waals surface area contributed by atoms with Gasteiger partial charge in [0.25, 0.3) is 0 Å². The summed E-state index contributed by atoms with van der Waals surface area (Å²) in [5.41, 5.74) is 0. The van der Waals surface area contributed by atoms with E-state index in [0.29, 0.717) is 24.2 Å². The minimum absolute atomic E-state index is 0.102. The van der Waals surface area contributed by atoms with E-state index in [4.69, 9.17) is 21.1 Å². The first kappa shape index (κ1) is 22.4. The van der Waals surface area contributed by atoms with E-state index in [1.54, 1.807) is 6.92 Å². The van der Waals surface area contributed by atoms with Gasteiger partial charge in [0, 0.05) is 44.7 Å². The fourth-order valence-electron chi connectivity index (χ4n) is 3.98. The molecule has 2 aliphatic rings. The van der Waals surface area contributed by atoms with Gasteiger partial charge in [0.15, 0.2) is 5.82 Å². The SMILES string of the molecule is COC(c1ncc(Cl)cn1)C(C)S(=O)(=O)Nc1nnc(C2CCC2)n1C1CCOCC1. The van der Waals surface area contributed by atoms with Crippen LogP contribution in [0.4, 0.5) is 5.95 Å². The highest BCUT2D eigenvalue weighted by Crippen LogP contribution is 2.39. The van der Waals surface area contributed by atoms with Crippen LogP contribution < -0.4 is 4.72 Å². The summed E-state index contributed by atoms with van der Waals surface area (Å²) in [5.74, 6) is 1.66. The second-order valence-corrected chi connectivity index (χ2v) is 10.5. The van der Waals surface area contributed by atoms with Crippen molar-refractivity contribution in [3.05, 3.63) is 29.1 Å². The Morgan fingerprint density at radius 1 is 1.19 bits per heavy atom. The van der Waals surface area contributed by atoms with Crippen molar-refractivity contribution in [3.8, 4) is 0 Å². The predicted molar refractivity (Wildman–Crippen MR) is 115 cm³/mol. The highest BCUT2D eigenvalue weighted by atomic mass is 35.5. The molecule has 0 bridgehead atoms. The monoisotopic (exact) mass is 470 g/mol. The highest BCUT2D eigenvalue weighted by molar-refractivity contribution is 7.93. The molecule has 4 rings (SSSR count). The van der Waals surface area contributed by atoms with Crippen LogP contribution in [0.1, 0.15) is 68.7 Å². The Labute approximate surface area is 186 Å². The second-order valence-electron chi connectivity index (χ2n) is 7.99. The molecule has 170 valence electrons. The van der Waals surface area contributed by atoms with Crippen molar-refractivity contribution >= 4 is 27.6 Å². The molecule has 3 heterocycles. The minimum atomic E-state index is -3.89. The number of ether oxygens (including phenoxy) is 2. The van der Waals surface area contributed by atoms with Gasteiger partial charge in [-0.1, -0.05) is 18.0 Å². The molecule has 2 aromatic rings. The van der Waals surface area contributed by atoms with Crippen molar-refractivity contribution in [2.45, 2.75) is 62.3 Å². The molecular formula is C19H27ClN6O4S. The van der Waals surface area contributed by atoms with Crippen molar-refractivity contribution in [2.75, 3.05) is 25.0 Å². The molecule has 12 heteroatoms. The van der Waals surface area contributed by atoms with Crippen molar-refractivity contribution < 1.29 is 17.9 Å².